The van der Waals surface area contributed by atoms with Crippen LogP contribution in [0.4, 0.5) is 22.0 Å². The Morgan fingerprint density at radius 2 is 1.80 bits per heavy atom. The monoisotopic (exact) mass is 632 g/mol. The molecule has 1 aromatic rings. The quantitative estimate of drug-likeness (QED) is 0.337. The van der Waals surface area contributed by atoms with E-state index in [2.05, 4.69) is 5.32 Å². The van der Waals surface area contributed by atoms with E-state index in [1.165, 1.54) is 23.5 Å². The lowest BCUT2D eigenvalue weighted by molar-refractivity contribution is -0.151. The highest BCUT2D eigenvalue weighted by molar-refractivity contribution is 7.89. The molecule has 0 saturated heterocycles. The van der Waals surface area contributed by atoms with Gasteiger partial charge < -0.3 is 10.2 Å². The third-order valence-electron chi connectivity index (χ3n) is 8.02. The second-order valence-electron chi connectivity index (χ2n) is 11.6. The van der Waals surface area contributed by atoms with E-state index in [0.29, 0.717) is 35.7 Å². The van der Waals surface area contributed by atoms with Crippen LogP contribution < -0.4 is 5.32 Å². The second kappa shape index (κ2) is 10.5. The number of amidine groups is 1. The van der Waals surface area contributed by atoms with Crippen molar-refractivity contribution in [2.24, 2.45) is 10.4 Å². The molecule has 3 fully saturated rings. The number of nitrogens with zero attached hydrogens (tertiary/aromatic N) is 3. The van der Waals surface area contributed by atoms with E-state index < -0.39 is 76.2 Å². The van der Waals surface area contributed by atoms with Crippen LogP contribution in [0.15, 0.2) is 23.2 Å². The largest absolute Gasteiger partial charge is 0.390 e. The molecule has 1 aliphatic heterocycles. The molecule has 1 N–H and O–H groups in total. The lowest BCUT2D eigenvalue weighted by atomic mass is 9.38. The minimum atomic E-state index is -4.39. The summed E-state index contributed by atoms with van der Waals surface area (Å²) >= 11 is 12.1. The third kappa shape index (κ3) is 6.07. The molecule has 224 valence electrons. The number of hydrogen-bond donors (Lipinski definition) is 1. The predicted molar refractivity (Wildman–Crippen MR) is 142 cm³/mol. The van der Waals surface area contributed by atoms with Crippen LogP contribution in [0.3, 0.4) is 0 Å². The molecule has 2 bridgehead atoms. The molecule has 0 aromatic heterocycles. The summed E-state index contributed by atoms with van der Waals surface area (Å²) in [5.41, 5.74) is -1.73. The van der Waals surface area contributed by atoms with Crippen molar-refractivity contribution in [1.29, 1.82) is 0 Å². The first kappa shape index (κ1) is 31.2. The molecule has 3 saturated carbocycles. The number of rotatable bonds is 11. The number of carbonyl (C=O) groups is 1. The number of aliphatic imine (C=N–C) groups is 1. The number of amides is 1. The molecule has 1 aromatic carbocycles. The van der Waals surface area contributed by atoms with Gasteiger partial charge >= 0.3 is 6.18 Å². The molecule has 3 aliphatic carbocycles. The number of hydrogen-bond acceptors (Lipinski definition) is 5. The Bertz CT molecular complexity index is 1290. The molecular formula is C25H31Cl2F5N4O3S. The SMILES string of the molecule is CN(CCC(F)(F)F)C(=O)[C@@H]1NC(C23CC(N(Cc4ccc(Cl)c(Cl)c4)S(=O)(=O)CCC(F)F)(C2)C3)=NC1(C)C. The fourth-order valence-electron chi connectivity index (χ4n) is 5.92. The first-order chi connectivity index (χ1) is 18.3. The van der Waals surface area contributed by atoms with Crippen molar-refractivity contribution in [3.63, 3.8) is 0 Å². The minimum Gasteiger partial charge on any atom is -0.360 e. The van der Waals surface area contributed by atoms with Gasteiger partial charge in [0.05, 0.1) is 27.8 Å². The Morgan fingerprint density at radius 3 is 2.35 bits per heavy atom. The van der Waals surface area contributed by atoms with Gasteiger partial charge in [0.15, 0.2) is 0 Å². The van der Waals surface area contributed by atoms with Gasteiger partial charge in [-0.05, 0) is 50.8 Å². The first-order valence-corrected chi connectivity index (χ1v) is 15.1. The Kier molecular flexibility index (Phi) is 8.23. The summed E-state index contributed by atoms with van der Waals surface area (Å²) in [6.07, 6.45) is -8.00. The minimum absolute atomic E-state index is 0.0744. The maximum absolute atomic E-state index is 13.3. The van der Waals surface area contributed by atoms with E-state index in [1.807, 2.05) is 0 Å². The van der Waals surface area contributed by atoms with E-state index in [1.54, 1.807) is 19.9 Å². The highest BCUT2D eigenvalue weighted by atomic mass is 35.5. The Labute approximate surface area is 240 Å². The summed E-state index contributed by atoms with van der Waals surface area (Å²) in [5.74, 6) is -0.722. The number of alkyl halides is 5. The van der Waals surface area contributed by atoms with E-state index in [0.717, 1.165) is 4.90 Å². The maximum Gasteiger partial charge on any atom is 0.390 e. The van der Waals surface area contributed by atoms with E-state index in [4.69, 9.17) is 28.2 Å². The molecule has 0 unspecified atom stereocenters. The average molecular weight is 634 g/mol. The zero-order chi connectivity index (χ0) is 29.9. The molecule has 40 heavy (non-hydrogen) atoms. The lowest BCUT2D eigenvalue weighted by Crippen LogP contribution is -2.78. The summed E-state index contributed by atoms with van der Waals surface area (Å²) in [6, 6.07) is 3.82. The van der Waals surface area contributed by atoms with Crippen molar-refractivity contribution < 1.29 is 35.2 Å². The highest BCUT2D eigenvalue weighted by Crippen LogP contribution is 2.71. The van der Waals surface area contributed by atoms with E-state index in [9.17, 15) is 35.2 Å². The average Bonchev–Trinajstić information content (AvgIpc) is 3.09. The molecule has 7 nitrogen and oxygen atoms in total. The molecule has 4 aliphatic rings. The van der Waals surface area contributed by atoms with Gasteiger partial charge in [-0.15, -0.1) is 0 Å². The van der Waals surface area contributed by atoms with Gasteiger partial charge in [-0.3, -0.25) is 9.79 Å². The topological polar surface area (TPSA) is 82.1 Å². The van der Waals surface area contributed by atoms with E-state index >= 15 is 0 Å². The Balaban J connectivity index is 1.50. The number of halogens is 7. The predicted octanol–water partition coefficient (Wildman–Crippen LogP) is 5.26. The standard InChI is InChI=1S/C25H31Cl2F5N4O3S/c1-22(2)19(20(37)35(3)8-7-25(30,31)32)33-21(34-22)23-12-24(13-23,14-23)36(40(38,39)9-6-18(28)29)11-15-4-5-16(26)17(27)10-15/h4-5,10,18-19H,6-9,11-14H2,1-3H3,(H,33,34)/t19-,23?,24?/m0/s1. The Hall–Kier alpha value is -1.70. The Morgan fingerprint density at radius 1 is 1.18 bits per heavy atom. The van der Waals surface area contributed by atoms with Crippen LogP contribution in [0.5, 0.6) is 0 Å². The normalized spacial score (nSPS) is 27.2. The summed E-state index contributed by atoms with van der Waals surface area (Å²) in [6.45, 7) is 2.86. The maximum atomic E-state index is 13.3. The third-order valence-corrected chi connectivity index (χ3v) is 10.7. The summed E-state index contributed by atoms with van der Waals surface area (Å²) < 4.78 is 91.7. The van der Waals surface area contributed by atoms with Crippen molar-refractivity contribution in [3.05, 3.63) is 33.8 Å². The van der Waals surface area contributed by atoms with Gasteiger partial charge in [-0.25, -0.2) is 17.2 Å². The van der Waals surface area contributed by atoms with Crippen molar-refractivity contribution in [2.75, 3.05) is 19.3 Å². The zero-order valence-corrected chi connectivity index (χ0v) is 24.5. The number of likely N-dealkylation sites (N-methyl/N-ethyl adjacent to an activating group) is 1. The van der Waals surface area contributed by atoms with Crippen LogP contribution in [0.25, 0.3) is 0 Å². The number of sulfonamides is 1. The van der Waals surface area contributed by atoms with Crippen LogP contribution in [0.2, 0.25) is 10.0 Å². The van der Waals surface area contributed by atoms with Gasteiger partial charge in [-0.2, -0.15) is 17.5 Å². The van der Waals surface area contributed by atoms with Gasteiger partial charge in [0.25, 0.3) is 0 Å². The fraction of sp³-hybridized carbons (Fsp3) is 0.680. The smallest absolute Gasteiger partial charge is 0.360 e. The number of nitrogens with one attached hydrogen (secondary N) is 1. The molecule has 1 amide bonds. The zero-order valence-electron chi connectivity index (χ0n) is 22.2. The highest BCUT2D eigenvalue weighted by Gasteiger charge is 2.75. The summed E-state index contributed by atoms with van der Waals surface area (Å²) in [7, 11) is -2.77. The van der Waals surface area contributed by atoms with Gasteiger partial charge in [0.1, 0.15) is 11.9 Å². The second-order valence-corrected chi connectivity index (χ2v) is 14.4. The van der Waals surface area contributed by atoms with Crippen molar-refractivity contribution >= 4 is 45.0 Å². The fourth-order valence-corrected chi connectivity index (χ4v) is 8.07. The number of benzene rings is 1. The lowest BCUT2D eigenvalue weighted by Gasteiger charge is -2.73. The van der Waals surface area contributed by atoms with E-state index in [-0.39, 0.29) is 11.6 Å². The van der Waals surface area contributed by atoms with Gasteiger partial charge in [-0.1, -0.05) is 29.3 Å². The molecule has 15 heteroatoms. The summed E-state index contributed by atoms with van der Waals surface area (Å²) in [5, 5.41) is 3.65. The molecule has 1 heterocycles. The van der Waals surface area contributed by atoms with Crippen LogP contribution in [-0.2, 0) is 21.4 Å². The van der Waals surface area contributed by atoms with Crippen LogP contribution in [0, 0.1) is 5.41 Å². The van der Waals surface area contributed by atoms with Crippen molar-refractivity contribution in [2.45, 2.75) is 82.2 Å². The van der Waals surface area contributed by atoms with Crippen molar-refractivity contribution in [3.8, 4) is 0 Å². The van der Waals surface area contributed by atoms with Crippen molar-refractivity contribution in [1.82, 2.24) is 14.5 Å². The molecule has 1 atom stereocenters. The van der Waals surface area contributed by atoms with Gasteiger partial charge in [0.2, 0.25) is 22.4 Å². The molecule has 0 radical (unpaired) electrons. The van der Waals surface area contributed by atoms with Crippen LogP contribution in [0.1, 0.15) is 51.5 Å². The van der Waals surface area contributed by atoms with Crippen LogP contribution in [-0.4, -0.2) is 78.4 Å². The van der Waals surface area contributed by atoms with Crippen LogP contribution >= 0.6 is 23.2 Å². The summed E-state index contributed by atoms with van der Waals surface area (Å²) in [4.78, 5) is 18.7. The van der Waals surface area contributed by atoms with Gasteiger partial charge in [0, 0.05) is 37.5 Å². The molecule has 5 rings (SSSR count). The first-order valence-electron chi connectivity index (χ1n) is 12.7. The molecule has 0 spiro atoms. The number of carbonyl (C=O) groups excluding carboxylic acids is 1. The molecular weight excluding hydrogens is 602 g/mol.